The molecule has 3 aromatic rings. The summed E-state index contributed by atoms with van der Waals surface area (Å²) in [6.07, 6.45) is 0.644. The summed E-state index contributed by atoms with van der Waals surface area (Å²) in [4.78, 5) is 15.4. The van der Waals surface area contributed by atoms with Crippen LogP contribution in [0.5, 0.6) is 5.75 Å². The van der Waals surface area contributed by atoms with Crippen LogP contribution in [-0.4, -0.2) is 37.3 Å². The van der Waals surface area contributed by atoms with E-state index >= 15 is 0 Å². The van der Waals surface area contributed by atoms with Crippen LogP contribution < -0.4 is 9.64 Å². The van der Waals surface area contributed by atoms with E-state index in [4.69, 9.17) is 9.84 Å². The molecule has 1 aliphatic rings. The minimum absolute atomic E-state index is 0.0486. The van der Waals surface area contributed by atoms with Gasteiger partial charge in [-0.2, -0.15) is 5.10 Å². The van der Waals surface area contributed by atoms with Gasteiger partial charge in [0.2, 0.25) is 0 Å². The molecule has 5 heteroatoms. The number of hydrogen-bond acceptors (Lipinski definition) is 4. The number of aryl methyl sites for hydroxylation is 2. The summed E-state index contributed by atoms with van der Waals surface area (Å²) in [7, 11) is 3.59. The van der Waals surface area contributed by atoms with Gasteiger partial charge in [-0.3, -0.25) is 4.79 Å². The van der Waals surface area contributed by atoms with E-state index in [2.05, 4.69) is 32.0 Å². The Morgan fingerprint density at radius 3 is 2.53 bits per heavy atom. The van der Waals surface area contributed by atoms with Crippen molar-refractivity contribution in [2.75, 3.05) is 25.6 Å². The zero-order chi connectivity index (χ0) is 22.7. The number of rotatable bonds is 6. The molecule has 0 aliphatic carbocycles. The molecule has 0 bridgehead atoms. The minimum atomic E-state index is -0.210. The molecule has 3 aromatic carbocycles. The largest absolute Gasteiger partial charge is 0.496 e. The number of carbonyl (C=O) groups excluding carboxylic acids is 1. The van der Waals surface area contributed by atoms with Gasteiger partial charge in [0.25, 0.3) is 5.91 Å². The summed E-state index contributed by atoms with van der Waals surface area (Å²) in [5, 5.41) is 6.51. The van der Waals surface area contributed by atoms with E-state index in [0.717, 1.165) is 33.8 Å². The SMILES string of the molecule is COc1ccccc1[C@@H]1CC(c2cc(C)ccc2C)=NN1C(=O)CN(C)c1ccccc1. The Hall–Kier alpha value is -3.60. The molecule has 0 fully saturated rings. The number of anilines is 1. The molecule has 32 heavy (non-hydrogen) atoms. The van der Waals surface area contributed by atoms with Crippen LogP contribution in [0.2, 0.25) is 0 Å². The first-order valence-electron chi connectivity index (χ1n) is 10.8. The highest BCUT2D eigenvalue weighted by molar-refractivity contribution is 6.04. The van der Waals surface area contributed by atoms with Crippen LogP contribution in [0.15, 0.2) is 77.9 Å². The lowest BCUT2D eigenvalue weighted by Gasteiger charge is -2.26. The fourth-order valence-corrected chi connectivity index (χ4v) is 4.18. The number of methoxy groups -OCH3 is 1. The average Bonchev–Trinajstić information content (AvgIpc) is 3.26. The number of hydrazone groups is 1. The molecular formula is C27H29N3O2. The molecule has 5 nitrogen and oxygen atoms in total. The van der Waals surface area contributed by atoms with Gasteiger partial charge in [-0.25, -0.2) is 5.01 Å². The summed E-state index contributed by atoms with van der Waals surface area (Å²) in [5.74, 6) is 0.719. The van der Waals surface area contributed by atoms with Crippen molar-refractivity contribution in [3.63, 3.8) is 0 Å². The lowest BCUT2D eigenvalue weighted by molar-refractivity contribution is -0.131. The monoisotopic (exact) mass is 427 g/mol. The zero-order valence-corrected chi connectivity index (χ0v) is 19.1. The molecule has 1 atom stereocenters. The van der Waals surface area contributed by atoms with Crippen LogP contribution in [0.1, 0.15) is 34.7 Å². The molecule has 0 saturated carbocycles. The van der Waals surface area contributed by atoms with E-state index < -0.39 is 0 Å². The fraction of sp³-hybridized carbons (Fsp3) is 0.259. The number of benzene rings is 3. The number of hydrogen-bond donors (Lipinski definition) is 0. The minimum Gasteiger partial charge on any atom is -0.496 e. The van der Waals surface area contributed by atoms with E-state index in [1.807, 2.05) is 66.5 Å². The van der Waals surface area contributed by atoms with Gasteiger partial charge in [-0.05, 0) is 43.7 Å². The topological polar surface area (TPSA) is 45.1 Å². The van der Waals surface area contributed by atoms with E-state index in [-0.39, 0.29) is 18.5 Å². The van der Waals surface area contributed by atoms with E-state index in [1.165, 1.54) is 5.56 Å². The number of ether oxygens (including phenoxy) is 1. The fourth-order valence-electron chi connectivity index (χ4n) is 4.18. The molecular weight excluding hydrogens is 398 g/mol. The average molecular weight is 428 g/mol. The summed E-state index contributed by atoms with van der Waals surface area (Å²) >= 11 is 0. The van der Waals surface area contributed by atoms with Gasteiger partial charge in [0.05, 0.1) is 25.4 Å². The molecule has 0 spiro atoms. The van der Waals surface area contributed by atoms with Crippen molar-refractivity contribution < 1.29 is 9.53 Å². The maximum Gasteiger partial charge on any atom is 0.262 e. The third-order valence-electron chi connectivity index (χ3n) is 5.94. The lowest BCUT2D eigenvalue weighted by Crippen LogP contribution is -2.36. The molecule has 0 N–H and O–H groups in total. The van der Waals surface area contributed by atoms with Gasteiger partial charge in [0.1, 0.15) is 5.75 Å². The van der Waals surface area contributed by atoms with Crippen LogP contribution >= 0.6 is 0 Å². The van der Waals surface area contributed by atoms with E-state index in [9.17, 15) is 4.79 Å². The molecule has 0 aromatic heterocycles. The van der Waals surface area contributed by atoms with Crippen LogP contribution in [0.3, 0.4) is 0 Å². The third-order valence-corrected chi connectivity index (χ3v) is 5.94. The Balaban J connectivity index is 1.69. The Morgan fingerprint density at radius 2 is 1.78 bits per heavy atom. The van der Waals surface area contributed by atoms with Crippen molar-refractivity contribution in [2.45, 2.75) is 26.3 Å². The van der Waals surface area contributed by atoms with Crippen LogP contribution in [0.25, 0.3) is 0 Å². The first kappa shape index (κ1) is 21.6. The highest BCUT2D eigenvalue weighted by atomic mass is 16.5. The molecule has 0 saturated heterocycles. The number of para-hydroxylation sites is 2. The van der Waals surface area contributed by atoms with Gasteiger partial charge in [-0.1, -0.05) is 54.1 Å². The number of nitrogens with zero attached hydrogens (tertiary/aromatic N) is 3. The Bertz CT molecular complexity index is 1140. The van der Waals surface area contributed by atoms with Gasteiger partial charge in [0, 0.05) is 30.3 Å². The summed E-state index contributed by atoms with van der Waals surface area (Å²) in [6, 6.07) is 23.9. The molecule has 1 heterocycles. The Kier molecular flexibility index (Phi) is 6.26. The van der Waals surface area contributed by atoms with Crippen molar-refractivity contribution in [3.05, 3.63) is 95.1 Å². The summed E-state index contributed by atoms with van der Waals surface area (Å²) in [6.45, 7) is 4.40. The number of amides is 1. The van der Waals surface area contributed by atoms with Gasteiger partial charge in [0.15, 0.2) is 0 Å². The van der Waals surface area contributed by atoms with Gasteiger partial charge < -0.3 is 9.64 Å². The third kappa shape index (κ3) is 4.37. The Labute approximate surface area is 189 Å². The van der Waals surface area contributed by atoms with Gasteiger partial charge in [-0.15, -0.1) is 0 Å². The normalized spacial score (nSPS) is 15.4. The van der Waals surface area contributed by atoms with Crippen LogP contribution in [0.4, 0.5) is 5.69 Å². The quantitative estimate of drug-likeness (QED) is 0.548. The molecule has 0 unspecified atom stereocenters. The van der Waals surface area contributed by atoms with Crippen molar-refractivity contribution in [1.82, 2.24) is 5.01 Å². The zero-order valence-electron chi connectivity index (χ0n) is 19.1. The molecule has 4 rings (SSSR count). The first-order chi connectivity index (χ1) is 15.5. The van der Waals surface area contributed by atoms with Gasteiger partial charge >= 0.3 is 0 Å². The molecule has 1 aliphatic heterocycles. The Morgan fingerprint density at radius 1 is 1.06 bits per heavy atom. The maximum atomic E-state index is 13.5. The van der Waals surface area contributed by atoms with Crippen molar-refractivity contribution >= 4 is 17.3 Å². The van der Waals surface area contributed by atoms with E-state index in [0.29, 0.717) is 6.42 Å². The highest BCUT2D eigenvalue weighted by Crippen LogP contribution is 2.38. The standard InChI is InChI=1S/C27H29N3O2/c1-19-14-15-20(2)23(16-19)24-17-25(22-12-8-9-13-26(22)32-4)30(28-24)27(31)18-29(3)21-10-6-5-7-11-21/h5-16,25H,17-18H2,1-4H3/t25-/m0/s1. The summed E-state index contributed by atoms with van der Waals surface area (Å²) < 4.78 is 5.62. The maximum absolute atomic E-state index is 13.5. The van der Waals surface area contributed by atoms with Crippen molar-refractivity contribution in [3.8, 4) is 5.75 Å². The predicted octanol–water partition coefficient (Wildman–Crippen LogP) is 5.13. The van der Waals surface area contributed by atoms with Crippen molar-refractivity contribution in [2.24, 2.45) is 5.10 Å². The smallest absolute Gasteiger partial charge is 0.262 e. The van der Waals surface area contributed by atoms with E-state index in [1.54, 1.807) is 12.1 Å². The predicted molar refractivity (Wildman–Crippen MR) is 129 cm³/mol. The first-order valence-corrected chi connectivity index (χ1v) is 10.8. The number of carbonyl (C=O) groups is 1. The lowest BCUT2D eigenvalue weighted by atomic mass is 9.94. The summed E-state index contributed by atoms with van der Waals surface area (Å²) in [5.41, 5.74) is 6.32. The van der Waals surface area contributed by atoms with Crippen molar-refractivity contribution in [1.29, 1.82) is 0 Å². The number of likely N-dealkylation sites (N-methyl/N-ethyl adjacent to an activating group) is 1. The highest BCUT2D eigenvalue weighted by Gasteiger charge is 2.35. The second-order valence-electron chi connectivity index (χ2n) is 8.26. The second kappa shape index (κ2) is 9.27. The van der Waals surface area contributed by atoms with Crippen LogP contribution in [0, 0.1) is 13.8 Å². The molecule has 0 radical (unpaired) electrons. The molecule has 1 amide bonds. The van der Waals surface area contributed by atoms with Crippen LogP contribution in [-0.2, 0) is 4.79 Å². The molecule has 164 valence electrons. The second-order valence-corrected chi connectivity index (χ2v) is 8.26.